The Morgan fingerprint density at radius 2 is 1.97 bits per heavy atom. The summed E-state index contributed by atoms with van der Waals surface area (Å²) in [5.74, 6) is 0.515. The number of fused-ring (bicyclic) bond motifs is 1. The maximum absolute atomic E-state index is 13.4. The topological polar surface area (TPSA) is 228 Å². The van der Waals surface area contributed by atoms with Crippen molar-refractivity contribution in [2.75, 3.05) is 13.1 Å². The summed E-state index contributed by atoms with van der Waals surface area (Å²) in [4.78, 5) is 6.75. The Morgan fingerprint density at radius 1 is 1.16 bits per heavy atom. The van der Waals surface area contributed by atoms with Gasteiger partial charge in [-0.1, -0.05) is 18.2 Å². The Kier molecular flexibility index (Phi) is 6.55. The number of aromatic nitrogens is 6. The zero-order valence-corrected chi connectivity index (χ0v) is 21.4. The van der Waals surface area contributed by atoms with E-state index in [9.17, 15) is 16.8 Å². The van der Waals surface area contributed by atoms with Crippen LogP contribution in [0.4, 0.5) is 0 Å². The number of hydrogen-bond donors (Lipinski definition) is 6. The van der Waals surface area contributed by atoms with Gasteiger partial charge in [0.25, 0.3) is 0 Å². The number of nitrogens with two attached hydrogens (primary N) is 2. The third kappa shape index (κ3) is 4.98. The lowest BCUT2D eigenvalue weighted by atomic mass is 9.98. The van der Waals surface area contributed by atoms with Crippen molar-refractivity contribution in [2.45, 2.75) is 41.6 Å². The molecule has 1 fully saturated rings. The van der Waals surface area contributed by atoms with Crippen LogP contribution in [0.2, 0.25) is 0 Å². The molecule has 4 aromatic rings. The highest BCUT2D eigenvalue weighted by Gasteiger charge is 2.34. The van der Waals surface area contributed by atoms with E-state index in [-0.39, 0.29) is 17.4 Å². The van der Waals surface area contributed by atoms with Crippen molar-refractivity contribution < 1.29 is 16.8 Å². The molecule has 3 heterocycles. The lowest BCUT2D eigenvalue weighted by Gasteiger charge is -2.18. The van der Waals surface area contributed by atoms with E-state index in [1.54, 1.807) is 12.1 Å². The second-order valence-corrected chi connectivity index (χ2v) is 12.2. The van der Waals surface area contributed by atoms with Gasteiger partial charge < -0.3 is 16.0 Å². The average Bonchev–Trinajstić information content (AvgIpc) is 3.58. The number of H-pyrrole nitrogens is 2. The first kappa shape index (κ1) is 25.4. The summed E-state index contributed by atoms with van der Waals surface area (Å²) in [6.45, 7) is 2.92. The van der Waals surface area contributed by atoms with Crippen LogP contribution in [0.1, 0.15) is 19.2 Å². The van der Waals surface area contributed by atoms with Crippen molar-refractivity contribution in [1.29, 1.82) is 0 Å². The van der Waals surface area contributed by atoms with E-state index in [1.165, 1.54) is 12.1 Å². The van der Waals surface area contributed by atoms with Crippen LogP contribution in [-0.2, 0) is 26.5 Å². The molecule has 8 N–H and O–H groups in total. The SMILES string of the molecule is C[C@H](N)Cc1nc2c(-c3ccc(S(=O)(=O)NC4CCNC4)c(S(N)(=O)=O)c3-c3nn[nH]n3)cccc2[nH]1. The number of nitrogens with one attached hydrogen (secondary N) is 4. The summed E-state index contributed by atoms with van der Waals surface area (Å²) in [5, 5.41) is 22.5. The van der Waals surface area contributed by atoms with Gasteiger partial charge in [0, 0.05) is 30.6 Å². The monoisotopic (exact) mass is 546 g/mol. The van der Waals surface area contributed by atoms with Crippen molar-refractivity contribution in [1.82, 2.24) is 40.6 Å². The highest BCUT2D eigenvalue weighted by atomic mass is 32.2. The Morgan fingerprint density at radius 3 is 2.62 bits per heavy atom. The van der Waals surface area contributed by atoms with E-state index in [4.69, 9.17) is 10.9 Å². The molecule has 2 aromatic carbocycles. The van der Waals surface area contributed by atoms with Crippen molar-refractivity contribution in [2.24, 2.45) is 10.9 Å². The summed E-state index contributed by atoms with van der Waals surface area (Å²) in [6, 6.07) is 7.51. The first-order valence-electron chi connectivity index (χ1n) is 11.4. The molecule has 0 aliphatic carbocycles. The number of para-hydroxylation sites is 1. The molecule has 0 saturated carbocycles. The van der Waals surface area contributed by atoms with Gasteiger partial charge in [-0.2, -0.15) is 5.21 Å². The van der Waals surface area contributed by atoms with Crippen LogP contribution in [0.3, 0.4) is 0 Å². The van der Waals surface area contributed by atoms with E-state index in [1.807, 2.05) is 13.0 Å². The van der Waals surface area contributed by atoms with Crippen molar-refractivity contribution in [3.8, 4) is 22.5 Å². The normalized spacial score (nSPS) is 17.4. The van der Waals surface area contributed by atoms with E-state index in [0.717, 1.165) is 0 Å². The number of sulfonamides is 2. The van der Waals surface area contributed by atoms with Gasteiger partial charge in [0.15, 0.2) is 0 Å². The fraction of sp³-hybridized carbons (Fsp3) is 0.333. The Balaban J connectivity index is 1.78. The van der Waals surface area contributed by atoms with Crippen LogP contribution in [0.15, 0.2) is 40.1 Å². The second-order valence-electron chi connectivity index (χ2n) is 8.97. The minimum atomic E-state index is -4.60. The van der Waals surface area contributed by atoms with Gasteiger partial charge >= 0.3 is 0 Å². The largest absolute Gasteiger partial charge is 0.342 e. The predicted molar refractivity (Wildman–Crippen MR) is 135 cm³/mol. The molecule has 0 amide bonds. The number of benzene rings is 2. The first-order valence-corrected chi connectivity index (χ1v) is 14.5. The molecule has 2 atom stereocenters. The lowest BCUT2D eigenvalue weighted by molar-refractivity contribution is 0.555. The maximum atomic E-state index is 13.4. The molecule has 1 aliphatic heterocycles. The van der Waals surface area contributed by atoms with E-state index in [0.29, 0.717) is 53.9 Å². The van der Waals surface area contributed by atoms with Crippen LogP contribution >= 0.6 is 0 Å². The molecule has 1 saturated heterocycles. The summed E-state index contributed by atoms with van der Waals surface area (Å²) >= 11 is 0. The Labute approximate surface area is 212 Å². The van der Waals surface area contributed by atoms with Crippen molar-refractivity contribution >= 4 is 31.1 Å². The highest BCUT2D eigenvalue weighted by molar-refractivity contribution is 7.92. The molecule has 37 heavy (non-hydrogen) atoms. The van der Waals surface area contributed by atoms with Crippen LogP contribution in [-0.4, -0.2) is 72.6 Å². The molecule has 16 heteroatoms. The molecule has 5 rings (SSSR count). The number of rotatable bonds is 8. The van der Waals surface area contributed by atoms with Crippen LogP contribution < -0.4 is 20.9 Å². The van der Waals surface area contributed by atoms with Gasteiger partial charge in [-0.05, 0) is 42.8 Å². The van der Waals surface area contributed by atoms with Gasteiger partial charge in [0.1, 0.15) is 15.6 Å². The summed E-state index contributed by atoms with van der Waals surface area (Å²) < 4.78 is 55.3. The van der Waals surface area contributed by atoms with Gasteiger partial charge in [0.05, 0.1) is 16.6 Å². The number of imidazole rings is 1. The van der Waals surface area contributed by atoms with Gasteiger partial charge in [-0.15, -0.1) is 10.2 Å². The van der Waals surface area contributed by atoms with Crippen molar-refractivity contribution in [3.63, 3.8) is 0 Å². The molecule has 14 nitrogen and oxygen atoms in total. The molecular formula is C21H26N10O4S2. The summed E-state index contributed by atoms with van der Waals surface area (Å²) in [6.07, 6.45) is 1.05. The quantitative estimate of drug-likeness (QED) is 0.167. The fourth-order valence-corrected chi connectivity index (χ4v) is 7.38. The maximum Gasteiger partial charge on any atom is 0.242 e. The average molecular weight is 547 g/mol. The number of aromatic amines is 2. The Hall–Kier alpha value is -3.28. The molecule has 196 valence electrons. The number of primary sulfonamides is 1. The number of hydrogen-bond acceptors (Lipinski definition) is 10. The molecule has 1 unspecified atom stereocenters. The zero-order chi connectivity index (χ0) is 26.4. The molecule has 2 aromatic heterocycles. The van der Waals surface area contributed by atoms with E-state index < -0.39 is 35.9 Å². The van der Waals surface area contributed by atoms with E-state index >= 15 is 0 Å². The van der Waals surface area contributed by atoms with Gasteiger partial charge in [-0.25, -0.2) is 31.7 Å². The molecular weight excluding hydrogens is 520 g/mol. The van der Waals surface area contributed by atoms with Crippen LogP contribution in [0.25, 0.3) is 33.5 Å². The van der Waals surface area contributed by atoms with Gasteiger partial charge in [-0.3, -0.25) is 0 Å². The predicted octanol–water partition coefficient (Wildman–Crippen LogP) is -0.413. The molecule has 1 aliphatic rings. The Bertz CT molecular complexity index is 1660. The summed E-state index contributed by atoms with van der Waals surface area (Å²) in [7, 11) is -8.90. The minimum Gasteiger partial charge on any atom is -0.342 e. The van der Waals surface area contributed by atoms with Gasteiger partial charge in [0.2, 0.25) is 25.9 Å². The first-order chi connectivity index (χ1) is 17.5. The lowest BCUT2D eigenvalue weighted by Crippen LogP contribution is -2.37. The third-order valence-corrected chi connectivity index (χ3v) is 8.70. The second kappa shape index (κ2) is 9.55. The number of nitrogens with zero attached hydrogens (tertiary/aromatic N) is 4. The van der Waals surface area contributed by atoms with Crippen LogP contribution in [0.5, 0.6) is 0 Å². The summed E-state index contributed by atoms with van der Waals surface area (Å²) in [5.41, 5.74) is 7.89. The molecule has 0 radical (unpaired) electrons. The smallest absolute Gasteiger partial charge is 0.242 e. The zero-order valence-electron chi connectivity index (χ0n) is 19.8. The van der Waals surface area contributed by atoms with Crippen LogP contribution in [0, 0.1) is 0 Å². The third-order valence-electron chi connectivity index (χ3n) is 6.01. The fourth-order valence-electron chi connectivity index (χ4n) is 4.51. The van der Waals surface area contributed by atoms with E-state index in [2.05, 4.69) is 40.6 Å². The molecule has 0 spiro atoms. The number of tetrazole rings is 1. The van der Waals surface area contributed by atoms with Crippen molar-refractivity contribution in [3.05, 3.63) is 36.2 Å². The standard InChI is InChI=1S/C21H26N10O4S2/c1-11(22)9-17-25-15-4-2-3-14(19(15)26-17)13-5-6-16(37(34,35)29-12-7-8-24-10-12)20(36(23,32)33)18(13)21-27-30-31-28-21/h2-6,11-12,24,29H,7-10,22H2,1H3,(H,25,26)(H2,23,32,33)(H,27,28,30,31)/t11-,12?/m0/s1. The minimum absolute atomic E-state index is 0.104. The highest BCUT2D eigenvalue weighted by Crippen LogP contribution is 2.40. The molecule has 0 bridgehead atoms.